The second kappa shape index (κ2) is 7.12. The van der Waals surface area contributed by atoms with Crippen LogP contribution in [0.1, 0.15) is 46.7 Å². The van der Waals surface area contributed by atoms with Gasteiger partial charge in [0.25, 0.3) is 5.91 Å². The van der Waals surface area contributed by atoms with Crippen molar-refractivity contribution in [3.63, 3.8) is 0 Å². The molecule has 0 aliphatic carbocycles. The lowest BCUT2D eigenvalue weighted by Crippen LogP contribution is -2.40. The summed E-state index contributed by atoms with van der Waals surface area (Å²) in [7, 11) is 3.49. The standard InChI is InChI=1S/C16H23N5O3/c1-11-14(20(2)10-17-11)16(22)21-7-4-5-12(9-21)15-18-13(19-24-15)6-8-23-3/h10,12H,4-9H2,1-3H3/t12-/m0/s1. The number of hydrogen-bond acceptors (Lipinski definition) is 6. The highest BCUT2D eigenvalue weighted by Crippen LogP contribution is 2.27. The van der Waals surface area contributed by atoms with Crippen LogP contribution in [-0.2, 0) is 18.2 Å². The monoisotopic (exact) mass is 333 g/mol. The molecule has 1 atom stereocenters. The third-order valence-electron chi connectivity index (χ3n) is 4.39. The first-order valence-electron chi connectivity index (χ1n) is 8.18. The molecule has 3 rings (SSSR count). The van der Waals surface area contributed by atoms with Crippen molar-refractivity contribution in [3.05, 3.63) is 29.4 Å². The van der Waals surface area contributed by atoms with Crippen LogP contribution < -0.4 is 0 Å². The van der Waals surface area contributed by atoms with Crippen LogP contribution >= 0.6 is 0 Å². The summed E-state index contributed by atoms with van der Waals surface area (Å²) in [5.41, 5.74) is 1.39. The van der Waals surface area contributed by atoms with Crippen molar-refractivity contribution in [3.8, 4) is 0 Å². The lowest BCUT2D eigenvalue weighted by molar-refractivity contribution is 0.0685. The van der Waals surface area contributed by atoms with Crippen molar-refractivity contribution in [1.29, 1.82) is 0 Å². The molecule has 1 saturated heterocycles. The number of ether oxygens (including phenoxy) is 1. The molecule has 0 spiro atoms. The Morgan fingerprint density at radius 3 is 3.04 bits per heavy atom. The van der Waals surface area contributed by atoms with E-state index < -0.39 is 0 Å². The Kier molecular flexibility index (Phi) is 4.94. The van der Waals surface area contributed by atoms with Gasteiger partial charge in [0, 0.05) is 33.7 Å². The van der Waals surface area contributed by atoms with E-state index in [4.69, 9.17) is 9.26 Å². The van der Waals surface area contributed by atoms with Gasteiger partial charge in [0.1, 0.15) is 5.69 Å². The molecular weight excluding hydrogens is 310 g/mol. The number of rotatable bonds is 5. The van der Waals surface area contributed by atoms with Gasteiger partial charge in [-0.3, -0.25) is 4.79 Å². The predicted molar refractivity (Wildman–Crippen MR) is 85.7 cm³/mol. The van der Waals surface area contributed by atoms with Crippen LogP contribution in [-0.4, -0.2) is 57.3 Å². The molecule has 0 saturated carbocycles. The Balaban J connectivity index is 1.70. The van der Waals surface area contributed by atoms with Crippen LogP contribution in [0.2, 0.25) is 0 Å². The van der Waals surface area contributed by atoms with Crippen LogP contribution in [0, 0.1) is 6.92 Å². The zero-order chi connectivity index (χ0) is 17.1. The van der Waals surface area contributed by atoms with E-state index in [2.05, 4.69) is 15.1 Å². The van der Waals surface area contributed by atoms with Crippen molar-refractivity contribution in [1.82, 2.24) is 24.6 Å². The predicted octanol–water partition coefficient (Wildman–Crippen LogP) is 1.32. The fourth-order valence-electron chi connectivity index (χ4n) is 3.09. The summed E-state index contributed by atoms with van der Waals surface area (Å²) < 4.78 is 12.2. The lowest BCUT2D eigenvalue weighted by atomic mass is 9.97. The first-order chi connectivity index (χ1) is 11.6. The number of likely N-dealkylation sites (tertiary alicyclic amines) is 1. The van der Waals surface area contributed by atoms with Gasteiger partial charge in [0.2, 0.25) is 5.89 Å². The second-order valence-corrected chi connectivity index (χ2v) is 6.17. The van der Waals surface area contributed by atoms with Gasteiger partial charge in [-0.15, -0.1) is 0 Å². The maximum Gasteiger partial charge on any atom is 0.272 e. The van der Waals surface area contributed by atoms with E-state index >= 15 is 0 Å². The third kappa shape index (κ3) is 3.33. The highest BCUT2D eigenvalue weighted by Gasteiger charge is 2.30. The van der Waals surface area contributed by atoms with Gasteiger partial charge >= 0.3 is 0 Å². The van der Waals surface area contributed by atoms with Crippen molar-refractivity contribution in [2.45, 2.75) is 32.1 Å². The number of hydrogen-bond donors (Lipinski definition) is 0. The zero-order valence-corrected chi connectivity index (χ0v) is 14.4. The number of carbonyl (C=O) groups excluding carboxylic acids is 1. The van der Waals surface area contributed by atoms with E-state index in [1.165, 1.54) is 0 Å². The highest BCUT2D eigenvalue weighted by atomic mass is 16.5. The van der Waals surface area contributed by atoms with E-state index in [-0.39, 0.29) is 11.8 Å². The SMILES string of the molecule is COCCc1noc([C@H]2CCCN(C(=O)c3c(C)ncn3C)C2)n1. The Labute approximate surface area is 140 Å². The summed E-state index contributed by atoms with van der Waals surface area (Å²) in [6.45, 7) is 3.75. The van der Waals surface area contributed by atoms with Crippen LogP contribution in [0.25, 0.3) is 0 Å². The molecule has 2 aromatic rings. The van der Waals surface area contributed by atoms with Gasteiger partial charge in [0.05, 0.1) is 24.5 Å². The van der Waals surface area contributed by atoms with Gasteiger partial charge < -0.3 is 18.7 Å². The number of imidazole rings is 1. The molecule has 1 aliphatic heterocycles. The Hall–Kier alpha value is -2.22. The molecular formula is C16H23N5O3. The Morgan fingerprint density at radius 1 is 1.50 bits per heavy atom. The van der Waals surface area contributed by atoms with Gasteiger partial charge in [-0.1, -0.05) is 5.16 Å². The summed E-state index contributed by atoms with van der Waals surface area (Å²) in [4.78, 5) is 23.3. The number of piperidine rings is 1. The van der Waals surface area contributed by atoms with Crippen LogP contribution in [0.5, 0.6) is 0 Å². The molecule has 130 valence electrons. The molecule has 3 heterocycles. The van der Waals surface area contributed by atoms with E-state index in [1.807, 2.05) is 18.9 Å². The summed E-state index contributed by atoms with van der Waals surface area (Å²) in [6, 6.07) is 0. The minimum absolute atomic E-state index is 0.0105. The topological polar surface area (TPSA) is 86.3 Å². The molecule has 0 aromatic carbocycles. The van der Waals surface area contributed by atoms with E-state index in [0.717, 1.165) is 25.1 Å². The van der Waals surface area contributed by atoms with Crippen LogP contribution in [0.15, 0.2) is 10.9 Å². The number of aryl methyl sites for hydroxylation is 2. The average Bonchev–Trinajstić information content (AvgIpc) is 3.19. The minimum atomic E-state index is 0.0105. The maximum atomic E-state index is 12.8. The van der Waals surface area contributed by atoms with E-state index in [1.54, 1.807) is 18.0 Å². The van der Waals surface area contributed by atoms with Crippen molar-refractivity contribution < 1.29 is 14.1 Å². The van der Waals surface area contributed by atoms with Gasteiger partial charge in [-0.2, -0.15) is 4.98 Å². The molecule has 0 bridgehead atoms. The zero-order valence-electron chi connectivity index (χ0n) is 14.4. The number of amides is 1. The Bertz CT molecular complexity index is 689. The molecule has 0 radical (unpaired) electrons. The molecule has 8 heteroatoms. The van der Waals surface area contributed by atoms with Crippen molar-refractivity contribution >= 4 is 5.91 Å². The number of aromatic nitrogens is 4. The summed E-state index contributed by atoms with van der Waals surface area (Å²) in [5.74, 6) is 1.36. The summed E-state index contributed by atoms with van der Waals surface area (Å²) >= 11 is 0. The Morgan fingerprint density at radius 2 is 2.33 bits per heavy atom. The number of methoxy groups -OCH3 is 1. The van der Waals surface area contributed by atoms with Gasteiger partial charge in [-0.05, 0) is 19.8 Å². The normalized spacial score (nSPS) is 18.1. The quantitative estimate of drug-likeness (QED) is 0.820. The van der Waals surface area contributed by atoms with E-state index in [0.29, 0.717) is 37.0 Å². The first kappa shape index (κ1) is 16.6. The lowest BCUT2D eigenvalue weighted by Gasteiger charge is -2.31. The largest absolute Gasteiger partial charge is 0.384 e. The molecule has 1 amide bonds. The fraction of sp³-hybridized carbons (Fsp3) is 0.625. The molecule has 8 nitrogen and oxygen atoms in total. The number of carbonyl (C=O) groups is 1. The molecule has 1 aliphatic rings. The number of nitrogens with zero attached hydrogens (tertiary/aromatic N) is 5. The first-order valence-corrected chi connectivity index (χ1v) is 8.18. The van der Waals surface area contributed by atoms with Crippen molar-refractivity contribution in [2.24, 2.45) is 7.05 Å². The van der Waals surface area contributed by atoms with Crippen LogP contribution in [0.3, 0.4) is 0 Å². The maximum absolute atomic E-state index is 12.8. The molecule has 0 N–H and O–H groups in total. The average molecular weight is 333 g/mol. The minimum Gasteiger partial charge on any atom is -0.384 e. The molecule has 0 unspecified atom stereocenters. The second-order valence-electron chi connectivity index (χ2n) is 6.17. The summed E-state index contributed by atoms with van der Waals surface area (Å²) in [6.07, 6.45) is 4.16. The molecule has 2 aromatic heterocycles. The van der Waals surface area contributed by atoms with Gasteiger partial charge in [-0.25, -0.2) is 4.98 Å². The fourth-order valence-corrected chi connectivity index (χ4v) is 3.09. The summed E-state index contributed by atoms with van der Waals surface area (Å²) in [5, 5.41) is 3.99. The van der Waals surface area contributed by atoms with E-state index in [9.17, 15) is 4.79 Å². The third-order valence-corrected chi connectivity index (χ3v) is 4.39. The van der Waals surface area contributed by atoms with Gasteiger partial charge in [0.15, 0.2) is 5.82 Å². The molecule has 1 fully saturated rings. The van der Waals surface area contributed by atoms with Crippen LogP contribution in [0.4, 0.5) is 0 Å². The molecule has 24 heavy (non-hydrogen) atoms. The highest BCUT2D eigenvalue weighted by molar-refractivity contribution is 5.93. The van der Waals surface area contributed by atoms with Crippen molar-refractivity contribution in [2.75, 3.05) is 26.8 Å². The smallest absolute Gasteiger partial charge is 0.272 e.